The smallest absolute Gasteiger partial charge is 0.231 e. The van der Waals surface area contributed by atoms with Gasteiger partial charge in [0.1, 0.15) is 0 Å². The second-order valence-electron chi connectivity index (χ2n) is 5.05. The molecule has 1 unspecified atom stereocenters. The van der Waals surface area contributed by atoms with E-state index in [2.05, 4.69) is 17.5 Å². The number of nitrogens with one attached hydrogen (secondary N) is 1. The lowest BCUT2D eigenvalue weighted by Crippen LogP contribution is -2.35. The lowest BCUT2D eigenvalue weighted by molar-refractivity contribution is 0.171. The van der Waals surface area contributed by atoms with Crippen LogP contribution >= 0.6 is 0 Å². The van der Waals surface area contributed by atoms with E-state index in [1.165, 1.54) is 0 Å². The van der Waals surface area contributed by atoms with Crippen LogP contribution in [-0.2, 0) is 0 Å². The van der Waals surface area contributed by atoms with Gasteiger partial charge < -0.3 is 25.3 Å². The first-order valence-electron chi connectivity index (χ1n) is 6.90. The van der Waals surface area contributed by atoms with Gasteiger partial charge >= 0.3 is 0 Å². The van der Waals surface area contributed by atoms with Gasteiger partial charge in [-0.05, 0) is 30.5 Å². The minimum absolute atomic E-state index is 0.0864. The van der Waals surface area contributed by atoms with Crippen molar-refractivity contribution in [3.8, 4) is 17.2 Å². The Morgan fingerprint density at radius 1 is 1.35 bits per heavy atom. The van der Waals surface area contributed by atoms with Crippen molar-refractivity contribution in [1.29, 1.82) is 0 Å². The number of methoxy groups -OCH3 is 1. The van der Waals surface area contributed by atoms with E-state index in [0.29, 0.717) is 24.1 Å². The Morgan fingerprint density at radius 2 is 2.15 bits per heavy atom. The molecule has 108 valence electrons. The summed E-state index contributed by atoms with van der Waals surface area (Å²) in [5.74, 6) is 2.10. The Kier molecular flexibility index (Phi) is 3.80. The first-order valence-corrected chi connectivity index (χ1v) is 6.90. The highest BCUT2D eigenvalue weighted by atomic mass is 16.7. The molecule has 3 rings (SSSR count). The molecular formula is C15H20N2O3. The zero-order valence-corrected chi connectivity index (χ0v) is 11.6. The van der Waals surface area contributed by atoms with Gasteiger partial charge in [0.2, 0.25) is 12.5 Å². The highest BCUT2D eigenvalue weighted by Crippen LogP contribution is 2.43. The zero-order chi connectivity index (χ0) is 13.9. The predicted molar refractivity (Wildman–Crippen MR) is 76.2 cm³/mol. The number of fused-ring (bicyclic) bond motifs is 1. The number of rotatable bonds is 5. The molecule has 3 N–H and O–H groups in total. The summed E-state index contributed by atoms with van der Waals surface area (Å²) in [7, 11) is 1.63. The monoisotopic (exact) mass is 276 g/mol. The average Bonchev–Trinajstić information content (AvgIpc) is 3.14. The third kappa shape index (κ3) is 2.46. The van der Waals surface area contributed by atoms with Crippen LogP contribution in [0.3, 0.4) is 0 Å². The lowest BCUT2D eigenvalue weighted by Gasteiger charge is -2.22. The van der Waals surface area contributed by atoms with Crippen LogP contribution in [0.2, 0.25) is 0 Å². The minimum atomic E-state index is 0.0864. The van der Waals surface area contributed by atoms with Crippen molar-refractivity contribution in [3.05, 3.63) is 29.8 Å². The molecule has 1 aromatic carbocycles. The molecular weight excluding hydrogens is 256 g/mol. The minimum Gasteiger partial charge on any atom is -0.493 e. The fourth-order valence-corrected chi connectivity index (χ4v) is 2.69. The Bertz CT molecular complexity index is 508. The molecule has 1 heterocycles. The second-order valence-corrected chi connectivity index (χ2v) is 5.05. The van der Waals surface area contributed by atoms with E-state index in [-0.39, 0.29) is 12.8 Å². The van der Waals surface area contributed by atoms with Crippen molar-refractivity contribution in [2.75, 3.05) is 20.4 Å². The van der Waals surface area contributed by atoms with Gasteiger partial charge in [0.25, 0.3) is 0 Å². The maximum Gasteiger partial charge on any atom is 0.231 e. The normalized spacial score (nSPS) is 18.5. The summed E-state index contributed by atoms with van der Waals surface area (Å²) in [6.07, 6.45) is 6.51. The summed E-state index contributed by atoms with van der Waals surface area (Å²) < 4.78 is 16.3. The largest absolute Gasteiger partial charge is 0.493 e. The van der Waals surface area contributed by atoms with Crippen LogP contribution in [0.5, 0.6) is 17.2 Å². The molecule has 0 saturated carbocycles. The molecule has 20 heavy (non-hydrogen) atoms. The molecule has 0 aromatic heterocycles. The zero-order valence-electron chi connectivity index (χ0n) is 11.6. The standard InChI is InChI=1S/C15H20N2O3/c1-18-13-6-10(7-14-15(13)20-9-19-14)12(8-16)17-11-4-2-3-5-11/h2-3,6-7,11-12,17H,4-5,8-9,16H2,1H3. The highest BCUT2D eigenvalue weighted by Gasteiger charge is 2.24. The van der Waals surface area contributed by atoms with Crippen LogP contribution in [0.15, 0.2) is 24.3 Å². The Hall–Kier alpha value is -1.72. The van der Waals surface area contributed by atoms with Crippen LogP contribution in [0.1, 0.15) is 24.4 Å². The lowest BCUT2D eigenvalue weighted by atomic mass is 10.0. The van der Waals surface area contributed by atoms with Crippen LogP contribution in [-0.4, -0.2) is 26.5 Å². The van der Waals surface area contributed by atoms with Gasteiger partial charge in [-0.2, -0.15) is 0 Å². The van der Waals surface area contributed by atoms with Crippen LogP contribution in [0.25, 0.3) is 0 Å². The Morgan fingerprint density at radius 3 is 2.85 bits per heavy atom. The molecule has 5 nitrogen and oxygen atoms in total. The first-order chi connectivity index (χ1) is 9.81. The highest BCUT2D eigenvalue weighted by molar-refractivity contribution is 5.55. The summed E-state index contributed by atoms with van der Waals surface area (Å²) in [4.78, 5) is 0. The van der Waals surface area contributed by atoms with Gasteiger partial charge in [-0.25, -0.2) is 0 Å². The van der Waals surface area contributed by atoms with Crippen molar-refractivity contribution >= 4 is 0 Å². The van der Waals surface area contributed by atoms with E-state index in [1.54, 1.807) is 7.11 Å². The summed E-state index contributed by atoms with van der Waals surface area (Å²) in [6, 6.07) is 4.50. The molecule has 0 spiro atoms. The van der Waals surface area contributed by atoms with Crippen molar-refractivity contribution in [3.63, 3.8) is 0 Å². The van der Waals surface area contributed by atoms with Gasteiger partial charge in [0.15, 0.2) is 11.5 Å². The Balaban J connectivity index is 1.83. The third-order valence-electron chi connectivity index (χ3n) is 3.76. The molecule has 1 aromatic rings. The summed E-state index contributed by atoms with van der Waals surface area (Å²) in [6.45, 7) is 0.766. The SMILES string of the molecule is COc1cc(C(CN)NC2CC=CC2)cc2c1OCO2. The van der Waals surface area contributed by atoms with Gasteiger partial charge in [-0.15, -0.1) is 0 Å². The van der Waals surface area contributed by atoms with E-state index in [9.17, 15) is 0 Å². The average molecular weight is 276 g/mol. The molecule has 1 atom stereocenters. The topological polar surface area (TPSA) is 65.7 Å². The maximum atomic E-state index is 5.92. The van der Waals surface area contributed by atoms with Crippen molar-refractivity contribution in [2.45, 2.75) is 24.9 Å². The fourth-order valence-electron chi connectivity index (χ4n) is 2.69. The maximum absolute atomic E-state index is 5.92. The number of hydrogen-bond acceptors (Lipinski definition) is 5. The van der Waals surface area contributed by atoms with E-state index in [4.69, 9.17) is 19.9 Å². The molecule has 1 aliphatic heterocycles. The fraction of sp³-hybridized carbons (Fsp3) is 0.467. The van der Waals surface area contributed by atoms with Crippen molar-refractivity contribution < 1.29 is 14.2 Å². The number of nitrogens with two attached hydrogens (primary N) is 1. The van der Waals surface area contributed by atoms with E-state index < -0.39 is 0 Å². The predicted octanol–water partition coefficient (Wildman–Crippen LogP) is 1.73. The van der Waals surface area contributed by atoms with Gasteiger partial charge in [0, 0.05) is 18.6 Å². The molecule has 0 amide bonds. The molecule has 5 heteroatoms. The molecule has 1 aliphatic carbocycles. The van der Waals surface area contributed by atoms with E-state index >= 15 is 0 Å². The molecule has 0 fully saturated rings. The Labute approximate surface area is 118 Å². The van der Waals surface area contributed by atoms with E-state index in [0.717, 1.165) is 24.2 Å². The second kappa shape index (κ2) is 5.73. The van der Waals surface area contributed by atoms with Crippen LogP contribution < -0.4 is 25.3 Å². The number of hydrogen-bond donors (Lipinski definition) is 2. The number of ether oxygens (including phenoxy) is 3. The van der Waals surface area contributed by atoms with Gasteiger partial charge in [-0.1, -0.05) is 12.2 Å². The summed E-state index contributed by atoms with van der Waals surface area (Å²) in [5.41, 5.74) is 6.99. The van der Waals surface area contributed by atoms with Crippen molar-refractivity contribution in [1.82, 2.24) is 5.32 Å². The van der Waals surface area contributed by atoms with Gasteiger partial charge in [-0.3, -0.25) is 0 Å². The van der Waals surface area contributed by atoms with Crippen molar-refractivity contribution in [2.24, 2.45) is 5.73 Å². The quantitative estimate of drug-likeness (QED) is 0.802. The third-order valence-corrected chi connectivity index (χ3v) is 3.76. The molecule has 0 bridgehead atoms. The molecule has 0 radical (unpaired) electrons. The van der Waals surface area contributed by atoms with Crippen LogP contribution in [0.4, 0.5) is 0 Å². The summed E-state index contributed by atoms with van der Waals surface area (Å²) in [5, 5.41) is 3.58. The molecule has 0 saturated heterocycles. The van der Waals surface area contributed by atoms with Crippen LogP contribution in [0, 0.1) is 0 Å². The first kappa shape index (κ1) is 13.3. The van der Waals surface area contributed by atoms with Gasteiger partial charge in [0.05, 0.1) is 7.11 Å². The summed E-state index contributed by atoms with van der Waals surface area (Å²) >= 11 is 0. The number of benzene rings is 1. The van der Waals surface area contributed by atoms with E-state index in [1.807, 2.05) is 12.1 Å². The molecule has 2 aliphatic rings.